The minimum absolute atomic E-state index is 0.0227. The van der Waals surface area contributed by atoms with Crippen molar-refractivity contribution in [2.24, 2.45) is 17.4 Å². The molecule has 5 aromatic rings. The molecule has 17 amide bonds. The van der Waals surface area contributed by atoms with Crippen LogP contribution in [0.25, 0.3) is 21.8 Å². The van der Waals surface area contributed by atoms with Crippen LogP contribution in [0.3, 0.4) is 0 Å². The number of H-pyrrole nitrogens is 2. The molecule has 0 spiro atoms. The molecule has 5 fully saturated rings. The molecule has 7 heterocycles. The predicted molar refractivity (Wildman–Crippen MR) is 483 cm³/mol. The Hall–Kier alpha value is -12.2. The zero-order valence-corrected chi connectivity index (χ0v) is 75.9. The van der Waals surface area contributed by atoms with Gasteiger partial charge >= 0.3 is 0 Å². The van der Waals surface area contributed by atoms with E-state index in [0.29, 0.717) is 78.4 Å². The number of aromatic hydroxyl groups is 1. The molecule has 5 aliphatic heterocycles. The van der Waals surface area contributed by atoms with E-state index in [0.717, 1.165) is 26.9 Å². The van der Waals surface area contributed by atoms with Crippen LogP contribution in [0.2, 0.25) is 0 Å². The first-order valence-electron chi connectivity index (χ1n) is 45.0. The summed E-state index contributed by atoms with van der Waals surface area (Å²) in [7, 11) is 4.11. The van der Waals surface area contributed by atoms with Crippen LogP contribution in [0.4, 0.5) is 0 Å². The maximum Gasteiger partial charge on any atom is 0.246 e. The molecule has 40 heteroatoms. The van der Waals surface area contributed by atoms with E-state index in [-0.39, 0.29) is 115 Å². The lowest BCUT2D eigenvalue weighted by atomic mass is 9.99. The Labute approximate surface area is 759 Å². The number of benzene rings is 3. The van der Waals surface area contributed by atoms with Crippen molar-refractivity contribution in [2.45, 2.75) is 254 Å². The topological polar surface area (TPSA) is 555 Å². The number of nitrogens with two attached hydrogens (primary N) is 2. The minimum Gasteiger partial charge on any atom is -0.508 e. The number of aromatic amines is 2. The average Bonchev–Trinajstić information content (AvgIpc) is 1.78. The standard InChI is InChI=1S/C90H127N21O18S/c1-9-11-27-70-83(122)100-62-26-18-17-25-61(79(118)105-67(40-54-44-95-60-24-16-14-22-58(54)60)87(126)109(8)73(28-12-10-2)90(129)108(70)7)99-81(120)63(39-53-43-94-59-23-15-13-21-57(53)59)101-84(123)71-29-19-35-110(71)88(127)65(37-50(3)4)104-82(121)64(41-55-45-93-49-97-55)102-85(124)72-30-20-36-111(72)89(128)68(42-74(91)113)103-77(116)51(5)107(6)86(125)66(38-52-31-33-56(112)34-32-52)98-76(115)48-130-47-69(106-80(62)119)78(117)96-46-75(92)114/h13-16,21-24,31-34,43-44,50-51,55,61-73,93-95,97,112H,9-12,17-20,25-30,35-42,45-49H2,1-8H3,(H2,91,113)(H2,92,114)(H,96,117)(H,98,115)(H,99,120)(H,100,122)(H,101,123)(H,102,124)(H,103,116)(H,104,121)(H,105,118)(H,106,119)/t51-,55?,61-,62-,63-,64-,65-,66-,67-,68-,69-,70-,71-,72-,73-/m0/s1. The smallest absolute Gasteiger partial charge is 0.246 e. The molecule has 10 rings (SSSR count). The van der Waals surface area contributed by atoms with Gasteiger partial charge in [0.1, 0.15) is 90.3 Å². The molecule has 15 atom stereocenters. The zero-order valence-electron chi connectivity index (χ0n) is 75.1. The van der Waals surface area contributed by atoms with Crippen LogP contribution in [-0.2, 0) is 101 Å². The molecule has 3 aromatic carbocycles. The maximum absolute atomic E-state index is 15.9. The molecule has 19 N–H and O–H groups in total. The molecule has 0 saturated carbocycles. The molecular formula is C90H127N21O18S. The largest absolute Gasteiger partial charge is 0.508 e. The second-order valence-corrected chi connectivity index (χ2v) is 35.9. The summed E-state index contributed by atoms with van der Waals surface area (Å²) in [4.78, 5) is 266. The summed E-state index contributed by atoms with van der Waals surface area (Å²) in [6, 6.07) is -0.434. The van der Waals surface area contributed by atoms with Gasteiger partial charge in [-0.25, -0.2) is 0 Å². The Bertz CT molecular complexity index is 4900. The van der Waals surface area contributed by atoms with E-state index in [1.807, 2.05) is 64.1 Å². The number of para-hydroxylation sites is 2. The molecule has 0 radical (unpaired) electrons. The summed E-state index contributed by atoms with van der Waals surface area (Å²) < 4.78 is 0. The van der Waals surface area contributed by atoms with Gasteiger partial charge in [-0.3, -0.25) is 81.5 Å². The van der Waals surface area contributed by atoms with Crippen molar-refractivity contribution in [3.63, 3.8) is 0 Å². The van der Waals surface area contributed by atoms with Gasteiger partial charge in [0.2, 0.25) is 100 Å². The minimum atomic E-state index is -1.72. The highest BCUT2D eigenvalue weighted by Crippen LogP contribution is 2.29. The number of carbonyl (C=O) groups excluding carboxylic acids is 17. The van der Waals surface area contributed by atoms with E-state index >= 15 is 43.2 Å². The summed E-state index contributed by atoms with van der Waals surface area (Å²) in [5.74, 6) is -15.8. The highest BCUT2D eigenvalue weighted by molar-refractivity contribution is 8.00. The number of thioether (sulfide) groups is 1. The second-order valence-electron chi connectivity index (χ2n) is 34.9. The number of phenols is 1. The fourth-order valence-corrected chi connectivity index (χ4v) is 18.3. The van der Waals surface area contributed by atoms with Crippen LogP contribution in [0, 0.1) is 5.92 Å². The van der Waals surface area contributed by atoms with E-state index < -0.39 is 216 Å². The van der Waals surface area contributed by atoms with Gasteiger partial charge < -0.3 is 115 Å². The number of likely N-dealkylation sites (N-methyl/N-ethyl adjacent to an activating group) is 3. The molecule has 706 valence electrons. The van der Waals surface area contributed by atoms with Gasteiger partial charge in [0.05, 0.1) is 18.7 Å². The number of carbonyl (C=O) groups is 17. The number of aromatic nitrogens is 2. The Morgan fingerprint density at radius 2 is 1.02 bits per heavy atom. The summed E-state index contributed by atoms with van der Waals surface area (Å²) >= 11 is 0.787. The van der Waals surface area contributed by atoms with Gasteiger partial charge in [0, 0.05) is 113 Å². The predicted octanol–water partition coefficient (Wildman–Crippen LogP) is -0.638. The fraction of sp³-hybridized carbons (Fsp3) is 0.567. The van der Waals surface area contributed by atoms with Crippen molar-refractivity contribution in [3.05, 3.63) is 102 Å². The number of phenolic OH excluding ortho intramolecular Hbond substituents is 1. The van der Waals surface area contributed by atoms with Gasteiger partial charge in [-0.1, -0.05) is 115 Å². The zero-order chi connectivity index (χ0) is 94.2. The molecule has 1 unspecified atom stereocenters. The van der Waals surface area contributed by atoms with E-state index in [1.54, 1.807) is 24.5 Å². The highest BCUT2D eigenvalue weighted by Gasteiger charge is 2.46. The first-order valence-corrected chi connectivity index (χ1v) is 46.2. The molecule has 5 saturated heterocycles. The first kappa shape index (κ1) is 100.0. The SMILES string of the molecule is CCCC[C@H]1C(=O)N(C)[C@@H](CCCC)C(=O)N[C@H]2CCCC[C@H](NC(=O)[C@H](Cc3c[nH]c4ccccc34)NC(=O)[C@@H]3CCCN3C(=O)[C@H](CC(C)C)NC(=O)[C@H](CC3CNCN3)NC(=O)[C@@H]3CCCN3C(=O)[C@H](CC(N)=O)NC(=O)[C@H](C)N(C)C(=O)[C@H](Cc3ccc(O)cc3)NC(=O)CSC[C@@H](C(=O)NCC(N)=O)NC2=O)C(=O)N[C@@H](Cc2c[nH]c3ccccc23)C(=O)N1C. The lowest BCUT2D eigenvalue weighted by molar-refractivity contribution is -0.149. The van der Waals surface area contributed by atoms with E-state index in [2.05, 4.69) is 73.8 Å². The van der Waals surface area contributed by atoms with Crippen LogP contribution in [0.5, 0.6) is 5.75 Å². The molecule has 39 nitrogen and oxygen atoms in total. The summed E-state index contributed by atoms with van der Waals surface area (Å²) in [5.41, 5.74) is 14.2. The number of unbranched alkanes of at least 4 members (excludes halogenated alkanes) is 2. The van der Waals surface area contributed by atoms with Crippen molar-refractivity contribution < 1.29 is 86.6 Å². The summed E-state index contributed by atoms with van der Waals surface area (Å²) in [6.45, 7) is 8.71. The van der Waals surface area contributed by atoms with Crippen LogP contribution in [0.1, 0.15) is 160 Å². The third-order valence-electron chi connectivity index (χ3n) is 24.8. The van der Waals surface area contributed by atoms with E-state index in [1.165, 1.54) is 67.0 Å². The van der Waals surface area contributed by atoms with Gasteiger partial charge in [-0.15, -0.1) is 11.8 Å². The quantitative estimate of drug-likeness (QED) is 0.0434. The monoisotopic (exact) mass is 1820 g/mol. The number of amides is 17. The number of rotatable bonds is 21. The molecule has 2 bridgehead atoms. The van der Waals surface area contributed by atoms with Crippen LogP contribution in [0.15, 0.2) is 85.2 Å². The van der Waals surface area contributed by atoms with Crippen molar-refractivity contribution in [1.29, 1.82) is 0 Å². The van der Waals surface area contributed by atoms with E-state index in [9.17, 15) is 43.5 Å². The number of fused-ring (bicyclic) bond motifs is 9. The lowest BCUT2D eigenvalue weighted by Crippen LogP contribution is -2.61. The molecule has 0 aliphatic carbocycles. The van der Waals surface area contributed by atoms with Crippen LogP contribution >= 0.6 is 11.8 Å². The third-order valence-corrected chi connectivity index (χ3v) is 25.8. The summed E-state index contributed by atoms with van der Waals surface area (Å²) in [5, 5.41) is 45.9. The average molecular weight is 1820 g/mol. The normalized spacial score (nSPS) is 26.4. The molecular weight excluding hydrogens is 1700 g/mol. The number of nitrogens with zero attached hydrogens (tertiary/aromatic N) is 5. The van der Waals surface area contributed by atoms with Gasteiger partial charge in [0.15, 0.2) is 0 Å². The fourth-order valence-electron chi connectivity index (χ4n) is 17.4. The van der Waals surface area contributed by atoms with Crippen molar-refractivity contribution in [2.75, 3.05) is 65.5 Å². The Kier molecular flexibility index (Phi) is 36.4. The number of nitrogens with one attached hydrogen (secondary N) is 14. The molecule has 2 aromatic heterocycles. The second kappa shape index (κ2) is 47.4. The third kappa shape index (κ3) is 26.8. The van der Waals surface area contributed by atoms with Gasteiger partial charge in [0.25, 0.3) is 0 Å². The Morgan fingerprint density at radius 3 is 1.59 bits per heavy atom. The highest BCUT2D eigenvalue weighted by atomic mass is 32.2. The van der Waals surface area contributed by atoms with E-state index in [4.69, 9.17) is 11.5 Å². The summed E-state index contributed by atoms with van der Waals surface area (Å²) in [6.07, 6.45) is 4.18. The number of hydrogen-bond donors (Lipinski definition) is 17. The molecule has 5 aliphatic rings. The van der Waals surface area contributed by atoms with Gasteiger partial charge in [-0.2, -0.15) is 0 Å². The maximum atomic E-state index is 15.9. The van der Waals surface area contributed by atoms with Crippen molar-refractivity contribution >= 4 is 134 Å². The number of hydrogen-bond acceptors (Lipinski definition) is 21. The molecule has 130 heavy (non-hydrogen) atoms. The Balaban J connectivity index is 1.06. The Morgan fingerprint density at radius 1 is 0.515 bits per heavy atom. The van der Waals surface area contributed by atoms with Gasteiger partial charge in [-0.05, 0) is 118 Å². The first-order chi connectivity index (χ1) is 62.1. The van der Waals surface area contributed by atoms with Crippen molar-refractivity contribution in [1.82, 2.24) is 98.3 Å². The van der Waals surface area contributed by atoms with Crippen molar-refractivity contribution in [3.8, 4) is 5.75 Å². The van der Waals surface area contributed by atoms with Crippen LogP contribution in [-0.4, -0.2) is 296 Å². The van der Waals surface area contributed by atoms with Crippen LogP contribution < -0.4 is 75.3 Å². The number of primary amides is 2. The lowest BCUT2D eigenvalue weighted by Gasteiger charge is -2.36.